The Balaban J connectivity index is 1.73. The summed E-state index contributed by atoms with van der Waals surface area (Å²) in [6.07, 6.45) is 1.51. The Bertz CT molecular complexity index is 1090. The van der Waals surface area contributed by atoms with Gasteiger partial charge in [-0.3, -0.25) is 4.79 Å². The van der Waals surface area contributed by atoms with Crippen LogP contribution in [-0.2, 0) is 6.61 Å². The minimum Gasteiger partial charge on any atom is -0.490 e. The molecule has 3 rings (SSSR count). The predicted molar refractivity (Wildman–Crippen MR) is 128 cm³/mol. The summed E-state index contributed by atoms with van der Waals surface area (Å²) in [5.74, 6) is 0.740. The zero-order valence-electron chi connectivity index (χ0n) is 16.6. The van der Waals surface area contributed by atoms with Gasteiger partial charge in [-0.15, -0.1) is 0 Å². The van der Waals surface area contributed by atoms with Crippen LogP contribution < -0.4 is 14.9 Å². The van der Waals surface area contributed by atoms with Gasteiger partial charge in [0.15, 0.2) is 11.5 Å². The van der Waals surface area contributed by atoms with Gasteiger partial charge in [0.05, 0.1) is 23.4 Å². The molecule has 0 aromatic heterocycles. The van der Waals surface area contributed by atoms with E-state index < -0.39 is 5.91 Å². The van der Waals surface area contributed by atoms with E-state index in [2.05, 4.69) is 26.5 Å². The van der Waals surface area contributed by atoms with Crippen molar-refractivity contribution in [3.05, 3.63) is 91.9 Å². The molecule has 0 aliphatic rings. The maximum absolute atomic E-state index is 12.3. The third-order valence-corrected chi connectivity index (χ3v) is 5.38. The second-order valence-corrected chi connectivity index (χ2v) is 8.05. The Morgan fingerprint density at radius 2 is 1.81 bits per heavy atom. The molecule has 0 saturated heterocycles. The van der Waals surface area contributed by atoms with Crippen molar-refractivity contribution in [2.45, 2.75) is 13.5 Å². The molecule has 0 radical (unpaired) electrons. The summed E-state index contributed by atoms with van der Waals surface area (Å²) in [5.41, 5.74) is 4.50. The number of hydrogen-bond donors (Lipinski definition) is 1. The van der Waals surface area contributed by atoms with Gasteiger partial charge in [-0.25, -0.2) is 5.43 Å². The normalized spacial score (nSPS) is 10.8. The van der Waals surface area contributed by atoms with Gasteiger partial charge in [0.1, 0.15) is 6.61 Å². The molecule has 31 heavy (non-hydrogen) atoms. The number of hydrogen-bond acceptors (Lipinski definition) is 4. The molecule has 0 fully saturated rings. The number of amides is 1. The van der Waals surface area contributed by atoms with E-state index in [1.54, 1.807) is 12.1 Å². The molecule has 1 amide bonds. The number of ether oxygens (including phenoxy) is 2. The van der Waals surface area contributed by atoms with Crippen LogP contribution in [0.25, 0.3) is 0 Å². The first-order chi connectivity index (χ1) is 15.0. The average Bonchev–Trinajstić information content (AvgIpc) is 2.75. The van der Waals surface area contributed by atoms with Crippen LogP contribution in [0.4, 0.5) is 0 Å². The number of carbonyl (C=O) groups is 1. The molecule has 0 unspecified atom stereocenters. The Hall–Kier alpha value is -2.54. The molecule has 0 saturated carbocycles. The largest absolute Gasteiger partial charge is 0.490 e. The van der Waals surface area contributed by atoms with Crippen LogP contribution in [0.3, 0.4) is 0 Å². The van der Waals surface area contributed by atoms with Crippen molar-refractivity contribution in [2.75, 3.05) is 6.61 Å². The molecule has 0 spiro atoms. The first-order valence-electron chi connectivity index (χ1n) is 9.39. The number of nitrogens with one attached hydrogen (secondary N) is 1. The summed E-state index contributed by atoms with van der Waals surface area (Å²) in [4.78, 5) is 12.3. The predicted octanol–water partition coefficient (Wildman–Crippen LogP) is 6.50. The Kier molecular flexibility index (Phi) is 8.35. The number of rotatable bonds is 8. The molecule has 3 aromatic carbocycles. The Labute approximate surface area is 199 Å². The molecule has 0 bridgehead atoms. The van der Waals surface area contributed by atoms with Crippen molar-refractivity contribution in [2.24, 2.45) is 5.10 Å². The van der Waals surface area contributed by atoms with Crippen LogP contribution in [0.2, 0.25) is 10.0 Å². The molecular formula is C23H19BrCl2N2O3. The highest BCUT2D eigenvalue weighted by molar-refractivity contribution is 9.10. The van der Waals surface area contributed by atoms with Crippen molar-refractivity contribution >= 4 is 51.3 Å². The summed E-state index contributed by atoms with van der Waals surface area (Å²) in [7, 11) is 0. The molecule has 3 aromatic rings. The zero-order valence-corrected chi connectivity index (χ0v) is 19.7. The molecular weight excluding hydrogens is 503 g/mol. The van der Waals surface area contributed by atoms with Crippen LogP contribution in [0.1, 0.15) is 28.4 Å². The number of benzene rings is 3. The fraction of sp³-hybridized carbons (Fsp3) is 0.130. The minimum atomic E-state index is -0.443. The van der Waals surface area contributed by atoms with Gasteiger partial charge >= 0.3 is 0 Å². The minimum absolute atomic E-state index is 0.250. The van der Waals surface area contributed by atoms with Crippen molar-refractivity contribution in [3.63, 3.8) is 0 Å². The fourth-order valence-corrected chi connectivity index (χ4v) is 3.58. The number of halogens is 3. The maximum atomic E-state index is 12.3. The smallest absolute Gasteiger partial charge is 0.272 e. The van der Waals surface area contributed by atoms with E-state index in [-0.39, 0.29) is 10.6 Å². The van der Waals surface area contributed by atoms with E-state index in [0.29, 0.717) is 35.3 Å². The van der Waals surface area contributed by atoms with E-state index in [4.69, 9.17) is 32.7 Å². The Morgan fingerprint density at radius 3 is 2.52 bits per heavy atom. The fourth-order valence-electron chi connectivity index (χ4n) is 2.66. The maximum Gasteiger partial charge on any atom is 0.272 e. The Morgan fingerprint density at radius 1 is 1.06 bits per heavy atom. The van der Waals surface area contributed by atoms with Crippen LogP contribution in [-0.4, -0.2) is 18.7 Å². The lowest BCUT2D eigenvalue weighted by atomic mass is 10.2. The average molecular weight is 522 g/mol. The van der Waals surface area contributed by atoms with Gasteiger partial charge in [0, 0.05) is 15.1 Å². The second-order valence-electron chi connectivity index (χ2n) is 6.35. The van der Waals surface area contributed by atoms with Crippen LogP contribution in [0.15, 0.2) is 70.2 Å². The summed E-state index contributed by atoms with van der Waals surface area (Å²) in [5, 5.41) is 4.73. The quantitative estimate of drug-likeness (QED) is 0.272. The molecule has 0 atom stereocenters. The monoisotopic (exact) mass is 520 g/mol. The lowest BCUT2D eigenvalue weighted by Gasteiger charge is -2.14. The van der Waals surface area contributed by atoms with Gasteiger partial charge in [-0.2, -0.15) is 5.10 Å². The molecule has 160 valence electrons. The summed E-state index contributed by atoms with van der Waals surface area (Å²) in [6.45, 7) is 2.79. The standard InChI is InChI=1S/C23H19BrCl2N2O3/c1-2-30-21-10-16(13-27-28-23(29)18-9-8-17(25)11-20(18)26)19(24)12-22(21)31-14-15-6-4-3-5-7-15/h3-13H,2,14H2,1H3,(H,28,29)/b27-13-. The summed E-state index contributed by atoms with van der Waals surface area (Å²) >= 11 is 15.4. The topological polar surface area (TPSA) is 59.9 Å². The third-order valence-electron chi connectivity index (χ3n) is 4.15. The van der Waals surface area contributed by atoms with Gasteiger partial charge in [0.25, 0.3) is 5.91 Å². The van der Waals surface area contributed by atoms with Gasteiger partial charge in [-0.1, -0.05) is 53.5 Å². The lowest BCUT2D eigenvalue weighted by molar-refractivity contribution is 0.0955. The number of carbonyl (C=O) groups excluding carboxylic acids is 1. The summed E-state index contributed by atoms with van der Waals surface area (Å²) in [6, 6.07) is 18.1. The molecule has 5 nitrogen and oxygen atoms in total. The van der Waals surface area contributed by atoms with Crippen LogP contribution in [0, 0.1) is 0 Å². The van der Waals surface area contributed by atoms with E-state index in [9.17, 15) is 4.79 Å². The van der Waals surface area contributed by atoms with Crippen LogP contribution >= 0.6 is 39.1 Å². The van der Waals surface area contributed by atoms with Crippen molar-refractivity contribution in [1.82, 2.24) is 5.43 Å². The van der Waals surface area contributed by atoms with Crippen molar-refractivity contribution in [3.8, 4) is 11.5 Å². The van der Waals surface area contributed by atoms with E-state index >= 15 is 0 Å². The zero-order chi connectivity index (χ0) is 22.2. The number of hydrazone groups is 1. The first-order valence-corrected chi connectivity index (χ1v) is 10.9. The SMILES string of the molecule is CCOc1cc(/C=N\NC(=O)c2ccc(Cl)cc2Cl)c(Br)cc1OCc1ccccc1. The van der Waals surface area contributed by atoms with Gasteiger partial charge < -0.3 is 9.47 Å². The van der Waals surface area contributed by atoms with Crippen molar-refractivity contribution < 1.29 is 14.3 Å². The highest BCUT2D eigenvalue weighted by atomic mass is 79.9. The molecule has 0 aliphatic carbocycles. The molecule has 0 heterocycles. The molecule has 0 aliphatic heterocycles. The second kappa shape index (κ2) is 11.2. The highest BCUT2D eigenvalue weighted by Gasteiger charge is 2.12. The van der Waals surface area contributed by atoms with Crippen LogP contribution in [0.5, 0.6) is 11.5 Å². The van der Waals surface area contributed by atoms with Gasteiger partial charge in [-0.05, 0) is 58.7 Å². The molecule has 1 N–H and O–H groups in total. The third kappa shape index (κ3) is 6.47. The summed E-state index contributed by atoms with van der Waals surface area (Å²) < 4.78 is 12.4. The van der Waals surface area contributed by atoms with E-state index in [1.807, 2.05) is 43.3 Å². The van der Waals surface area contributed by atoms with E-state index in [0.717, 1.165) is 10.0 Å². The van der Waals surface area contributed by atoms with Crippen molar-refractivity contribution in [1.29, 1.82) is 0 Å². The first kappa shape index (κ1) is 23.1. The number of nitrogens with zero attached hydrogens (tertiary/aromatic N) is 1. The molecule has 8 heteroatoms. The van der Waals surface area contributed by atoms with Gasteiger partial charge in [0.2, 0.25) is 0 Å². The lowest BCUT2D eigenvalue weighted by Crippen LogP contribution is -2.18. The highest BCUT2D eigenvalue weighted by Crippen LogP contribution is 2.34. The van der Waals surface area contributed by atoms with E-state index in [1.165, 1.54) is 18.3 Å².